The summed E-state index contributed by atoms with van der Waals surface area (Å²) in [7, 11) is 0. The van der Waals surface area contributed by atoms with Gasteiger partial charge in [-0.15, -0.1) is 0 Å². The fraction of sp³-hybridized carbons (Fsp3) is 0.609. The zero-order chi connectivity index (χ0) is 23.6. The number of ether oxygens (including phenoxy) is 1. The Bertz CT molecular complexity index is 956. The first-order valence-corrected chi connectivity index (χ1v) is 11.6. The Morgan fingerprint density at radius 3 is 2.52 bits per heavy atom. The number of hydrogen-bond acceptors (Lipinski definition) is 6. The van der Waals surface area contributed by atoms with E-state index in [0.29, 0.717) is 37.5 Å². The van der Waals surface area contributed by atoms with E-state index in [1.165, 1.54) is 12.3 Å². The maximum absolute atomic E-state index is 12.9. The highest BCUT2D eigenvalue weighted by Crippen LogP contribution is 2.37. The van der Waals surface area contributed by atoms with Crippen LogP contribution >= 0.6 is 0 Å². The summed E-state index contributed by atoms with van der Waals surface area (Å²) < 4.78 is 5.02. The third kappa shape index (κ3) is 4.65. The van der Waals surface area contributed by atoms with Gasteiger partial charge in [0.1, 0.15) is 17.8 Å². The SMILES string of the molecule is CCC1CCC2(CC1)NC(=O)N(CC(=O)OCC(=O)c1c[nH]c(C(=O)N3CCCC3)c1)C2=O. The molecule has 0 atom stereocenters. The lowest BCUT2D eigenvalue weighted by Gasteiger charge is -2.34. The summed E-state index contributed by atoms with van der Waals surface area (Å²) in [6, 6.07) is 0.846. The first-order valence-electron chi connectivity index (χ1n) is 11.6. The number of H-pyrrole nitrogens is 1. The number of urea groups is 1. The van der Waals surface area contributed by atoms with Crippen molar-refractivity contribution in [1.29, 1.82) is 0 Å². The first-order chi connectivity index (χ1) is 15.8. The molecule has 178 valence electrons. The van der Waals surface area contributed by atoms with Crippen LogP contribution in [0.15, 0.2) is 12.3 Å². The van der Waals surface area contributed by atoms with E-state index in [1.807, 2.05) is 0 Å². The van der Waals surface area contributed by atoms with Gasteiger partial charge in [0.15, 0.2) is 6.61 Å². The number of carbonyl (C=O) groups excluding carboxylic acids is 5. The molecular formula is C23H30N4O6. The highest BCUT2D eigenvalue weighted by atomic mass is 16.5. The monoisotopic (exact) mass is 458 g/mol. The van der Waals surface area contributed by atoms with Crippen molar-refractivity contribution in [1.82, 2.24) is 20.1 Å². The number of Topliss-reactive ketones (excluding diaryl/α,β-unsaturated/α-hetero) is 1. The molecule has 4 amide bonds. The van der Waals surface area contributed by atoms with Crippen molar-refractivity contribution in [3.05, 3.63) is 23.5 Å². The molecule has 33 heavy (non-hydrogen) atoms. The minimum Gasteiger partial charge on any atom is -0.456 e. The Kier molecular flexibility index (Phi) is 6.53. The molecule has 1 spiro atoms. The van der Waals surface area contributed by atoms with Crippen LogP contribution in [0.25, 0.3) is 0 Å². The van der Waals surface area contributed by atoms with Crippen LogP contribution in [-0.4, -0.2) is 76.2 Å². The van der Waals surface area contributed by atoms with Crippen molar-refractivity contribution in [3.63, 3.8) is 0 Å². The Morgan fingerprint density at radius 2 is 1.85 bits per heavy atom. The number of likely N-dealkylation sites (tertiary alicyclic amines) is 1. The Balaban J connectivity index is 1.28. The van der Waals surface area contributed by atoms with Crippen LogP contribution < -0.4 is 5.32 Å². The molecule has 1 aromatic rings. The van der Waals surface area contributed by atoms with E-state index in [2.05, 4.69) is 17.2 Å². The minimum absolute atomic E-state index is 0.163. The summed E-state index contributed by atoms with van der Waals surface area (Å²) in [5.41, 5.74) is -0.386. The molecule has 0 radical (unpaired) electrons. The molecule has 2 saturated heterocycles. The lowest BCUT2D eigenvalue weighted by Crippen LogP contribution is -2.49. The predicted octanol–water partition coefficient (Wildman–Crippen LogP) is 1.87. The number of imide groups is 1. The number of nitrogens with one attached hydrogen (secondary N) is 2. The number of esters is 1. The molecule has 2 N–H and O–H groups in total. The number of hydrogen-bond donors (Lipinski definition) is 2. The molecule has 0 unspecified atom stereocenters. The molecule has 0 bridgehead atoms. The quantitative estimate of drug-likeness (QED) is 0.365. The van der Waals surface area contributed by atoms with Crippen molar-refractivity contribution < 1.29 is 28.7 Å². The van der Waals surface area contributed by atoms with Crippen molar-refractivity contribution in [2.45, 2.75) is 57.4 Å². The van der Waals surface area contributed by atoms with E-state index < -0.39 is 42.4 Å². The number of aromatic amines is 1. The summed E-state index contributed by atoms with van der Waals surface area (Å²) in [4.78, 5) is 67.7. The van der Waals surface area contributed by atoms with E-state index in [4.69, 9.17) is 4.74 Å². The first kappa shape index (κ1) is 23.0. The van der Waals surface area contributed by atoms with Crippen molar-refractivity contribution >= 4 is 29.6 Å². The van der Waals surface area contributed by atoms with Gasteiger partial charge in [-0.25, -0.2) is 4.79 Å². The molecular weight excluding hydrogens is 428 g/mol. The second-order valence-electron chi connectivity index (χ2n) is 9.14. The van der Waals surface area contributed by atoms with Gasteiger partial charge in [-0.3, -0.25) is 24.1 Å². The molecule has 2 aliphatic heterocycles. The third-order valence-electron chi connectivity index (χ3n) is 7.06. The topological polar surface area (TPSA) is 129 Å². The molecule has 4 rings (SSSR count). The lowest BCUT2D eigenvalue weighted by atomic mass is 9.75. The van der Waals surface area contributed by atoms with E-state index in [9.17, 15) is 24.0 Å². The highest BCUT2D eigenvalue weighted by Gasteiger charge is 2.52. The molecule has 0 aromatic carbocycles. The van der Waals surface area contributed by atoms with Gasteiger partial charge in [0.25, 0.3) is 11.8 Å². The maximum atomic E-state index is 12.9. The van der Waals surface area contributed by atoms with Gasteiger partial charge in [0.2, 0.25) is 5.78 Å². The number of rotatable bonds is 7. The van der Waals surface area contributed by atoms with Crippen LogP contribution in [0.5, 0.6) is 0 Å². The molecule has 10 nitrogen and oxygen atoms in total. The predicted molar refractivity (Wildman–Crippen MR) is 116 cm³/mol. The summed E-state index contributed by atoms with van der Waals surface area (Å²) in [6.07, 6.45) is 7.21. The summed E-state index contributed by atoms with van der Waals surface area (Å²) in [6.45, 7) is 2.43. The largest absolute Gasteiger partial charge is 0.456 e. The van der Waals surface area contributed by atoms with Crippen molar-refractivity contribution in [3.8, 4) is 0 Å². The van der Waals surface area contributed by atoms with Crippen LogP contribution in [0, 0.1) is 5.92 Å². The van der Waals surface area contributed by atoms with Gasteiger partial charge in [-0.05, 0) is 50.5 Å². The van der Waals surface area contributed by atoms with Gasteiger partial charge >= 0.3 is 12.0 Å². The van der Waals surface area contributed by atoms with Crippen LogP contribution in [-0.2, 0) is 14.3 Å². The Morgan fingerprint density at radius 1 is 1.15 bits per heavy atom. The zero-order valence-corrected chi connectivity index (χ0v) is 18.9. The van der Waals surface area contributed by atoms with Crippen molar-refractivity contribution in [2.24, 2.45) is 5.92 Å². The second kappa shape index (κ2) is 9.36. The number of ketones is 1. The molecule has 3 aliphatic rings. The summed E-state index contributed by atoms with van der Waals surface area (Å²) in [5.74, 6) is -1.34. The summed E-state index contributed by atoms with van der Waals surface area (Å²) in [5, 5.41) is 2.77. The fourth-order valence-electron chi connectivity index (χ4n) is 4.91. The van der Waals surface area contributed by atoms with E-state index in [-0.39, 0.29) is 11.5 Å². The maximum Gasteiger partial charge on any atom is 0.326 e. The summed E-state index contributed by atoms with van der Waals surface area (Å²) >= 11 is 0. The van der Waals surface area contributed by atoms with E-state index >= 15 is 0 Å². The number of nitrogens with zero attached hydrogens (tertiary/aromatic N) is 2. The van der Waals surface area contributed by atoms with Gasteiger partial charge in [0, 0.05) is 24.8 Å². The lowest BCUT2D eigenvalue weighted by molar-refractivity contribution is -0.147. The molecule has 1 aromatic heterocycles. The Hall–Kier alpha value is -3.17. The molecule has 1 aliphatic carbocycles. The second-order valence-corrected chi connectivity index (χ2v) is 9.14. The van der Waals surface area contributed by atoms with Gasteiger partial charge in [-0.1, -0.05) is 13.3 Å². The third-order valence-corrected chi connectivity index (χ3v) is 7.06. The normalized spacial score (nSPS) is 24.9. The Labute approximate surface area is 192 Å². The van der Waals surface area contributed by atoms with E-state index in [1.54, 1.807) is 4.90 Å². The van der Waals surface area contributed by atoms with Crippen molar-refractivity contribution in [2.75, 3.05) is 26.2 Å². The minimum atomic E-state index is -0.928. The zero-order valence-electron chi connectivity index (χ0n) is 18.9. The fourth-order valence-corrected chi connectivity index (χ4v) is 4.91. The van der Waals surface area contributed by atoms with Crippen LogP contribution in [0.4, 0.5) is 4.79 Å². The van der Waals surface area contributed by atoms with Gasteiger partial charge < -0.3 is 19.9 Å². The van der Waals surface area contributed by atoms with Crippen LogP contribution in [0.2, 0.25) is 0 Å². The average molecular weight is 459 g/mol. The van der Waals surface area contributed by atoms with Crippen LogP contribution in [0.1, 0.15) is 72.7 Å². The van der Waals surface area contributed by atoms with E-state index in [0.717, 1.165) is 37.0 Å². The molecule has 3 fully saturated rings. The standard InChI is InChI=1S/C23H30N4O6/c1-2-15-5-7-23(8-6-15)21(31)27(22(32)25-23)13-19(29)33-14-18(28)16-11-17(24-12-16)20(30)26-9-3-4-10-26/h11-12,15,24H,2-10,13-14H2,1H3,(H,25,32). The smallest absolute Gasteiger partial charge is 0.326 e. The average Bonchev–Trinajstić information content (AvgIpc) is 3.56. The van der Waals surface area contributed by atoms with Gasteiger partial charge in [-0.2, -0.15) is 0 Å². The van der Waals surface area contributed by atoms with Crippen LogP contribution in [0.3, 0.4) is 0 Å². The molecule has 10 heteroatoms. The molecule has 1 saturated carbocycles. The van der Waals surface area contributed by atoms with Gasteiger partial charge in [0.05, 0.1) is 0 Å². The molecule has 3 heterocycles. The number of amides is 4. The highest BCUT2D eigenvalue weighted by molar-refractivity contribution is 6.09. The number of carbonyl (C=O) groups is 5. The number of aromatic nitrogens is 1.